The Kier molecular flexibility index (Phi) is 3.53. The van der Waals surface area contributed by atoms with Crippen LogP contribution in [0.3, 0.4) is 0 Å². The summed E-state index contributed by atoms with van der Waals surface area (Å²) in [6, 6.07) is 1.33. The van der Waals surface area contributed by atoms with Gasteiger partial charge in [-0.2, -0.15) is 0 Å². The molecule has 3 atom stereocenters. The van der Waals surface area contributed by atoms with Crippen molar-refractivity contribution in [3.63, 3.8) is 0 Å². The SMILES string of the molecule is CCCO[Si](C)(C)CC1CCC2OC2C1. The summed E-state index contributed by atoms with van der Waals surface area (Å²) in [6.07, 6.45) is 6.38. The van der Waals surface area contributed by atoms with Crippen LogP contribution in [0.4, 0.5) is 0 Å². The molecule has 3 heteroatoms. The number of epoxide rings is 1. The molecule has 0 aromatic heterocycles. The summed E-state index contributed by atoms with van der Waals surface area (Å²) in [5.74, 6) is 0.882. The predicted molar refractivity (Wildman–Crippen MR) is 64.5 cm³/mol. The van der Waals surface area contributed by atoms with Gasteiger partial charge in [-0.25, -0.2) is 0 Å². The molecule has 2 aliphatic rings. The van der Waals surface area contributed by atoms with Gasteiger partial charge in [0.1, 0.15) is 0 Å². The van der Waals surface area contributed by atoms with Crippen molar-refractivity contribution in [2.24, 2.45) is 5.92 Å². The lowest BCUT2D eigenvalue weighted by molar-refractivity contribution is 0.293. The first kappa shape index (κ1) is 11.6. The number of hydrogen-bond acceptors (Lipinski definition) is 2. The molecular formula is C12H24O2Si. The molecule has 3 unspecified atom stereocenters. The standard InChI is InChI=1S/C12H24O2Si/c1-4-7-13-15(2,3)9-10-5-6-11-12(8-10)14-11/h10-12H,4-9H2,1-3H3. The number of rotatable bonds is 5. The van der Waals surface area contributed by atoms with Gasteiger partial charge in [0, 0.05) is 6.61 Å². The predicted octanol–water partition coefficient (Wildman–Crippen LogP) is 3.19. The van der Waals surface area contributed by atoms with Gasteiger partial charge in [-0.05, 0) is 50.7 Å². The van der Waals surface area contributed by atoms with Crippen LogP contribution < -0.4 is 0 Å². The van der Waals surface area contributed by atoms with Crippen molar-refractivity contribution in [1.82, 2.24) is 0 Å². The van der Waals surface area contributed by atoms with Crippen molar-refractivity contribution in [2.45, 2.75) is 64.0 Å². The molecule has 2 fully saturated rings. The van der Waals surface area contributed by atoms with E-state index in [4.69, 9.17) is 9.16 Å². The highest BCUT2D eigenvalue weighted by atomic mass is 28.4. The van der Waals surface area contributed by atoms with E-state index in [0.717, 1.165) is 18.9 Å². The normalized spacial score (nSPS) is 35.0. The van der Waals surface area contributed by atoms with E-state index in [2.05, 4.69) is 20.0 Å². The third-order valence-corrected chi connectivity index (χ3v) is 6.14. The third-order valence-electron chi connectivity index (χ3n) is 3.59. The number of fused-ring (bicyclic) bond motifs is 1. The summed E-state index contributed by atoms with van der Waals surface area (Å²) in [5, 5.41) is 0. The van der Waals surface area contributed by atoms with Gasteiger partial charge in [-0.15, -0.1) is 0 Å². The molecule has 0 spiro atoms. The van der Waals surface area contributed by atoms with Crippen molar-refractivity contribution < 1.29 is 9.16 Å². The van der Waals surface area contributed by atoms with Crippen LogP contribution in [0.25, 0.3) is 0 Å². The Labute approximate surface area is 94.5 Å². The van der Waals surface area contributed by atoms with Gasteiger partial charge in [0.15, 0.2) is 8.32 Å². The van der Waals surface area contributed by atoms with E-state index >= 15 is 0 Å². The van der Waals surface area contributed by atoms with Crippen LogP contribution in [0, 0.1) is 5.92 Å². The second-order valence-corrected chi connectivity index (χ2v) is 9.92. The minimum Gasteiger partial charge on any atom is -0.417 e. The third kappa shape index (κ3) is 3.30. The highest BCUT2D eigenvalue weighted by molar-refractivity contribution is 6.71. The molecule has 15 heavy (non-hydrogen) atoms. The monoisotopic (exact) mass is 228 g/mol. The molecule has 2 nitrogen and oxygen atoms in total. The second-order valence-electron chi connectivity index (χ2n) is 5.70. The minimum atomic E-state index is -1.38. The zero-order valence-electron chi connectivity index (χ0n) is 10.3. The molecule has 1 aliphatic heterocycles. The Bertz CT molecular complexity index is 218. The molecule has 0 bridgehead atoms. The minimum absolute atomic E-state index is 0.625. The van der Waals surface area contributed by atoms with Crippen molar-refractivity contribution in [1.29, 1.82) is 0 Å². The molecule has 0 aromatic rings. The summed E-state index contributed by atoms with van der Waals surface area (Å²) in [5.41, 5.74) is 0. The fourth-order valence-electron chi connectivity index (χ4n) is 2.80. The maximum Gasteiger partial charge on any atom is 0.186 e. The van der Waals surface area contributed by atoms with E-state index in [0.29, 0.717) is 12.2 Å². The molecule has 88 valence electrons. The van der Waals surface area contributed by atoms with E-state index in [1.807, 2.05) is 0 Å². The maximum atomic E-state index is 6.03. The maximum absolute atomic E-state index is 6.03. The van der Waals surface area contributed by atoms with Crippen LogP contribution in [0.5, 0.6) is 0 Å². The Morgan fingerprint density at radius 1 is 1.27 bits per heavy atom. The molecule has 1 saturated carbocycles. The van der Waals surface area contributed by atoms with Crippen molar-refractivity contribution in [3.8, 4) is 0 Å². The second kappa shape index (κ2) is 4.56. The smallest absolute Gasteiger partial charge is 0.186 e. The molecular weight excluding hydrogens is 204 g/mol. The summed E-state index contributed by atoms with van der Waals surface area (Å²) in [6.45, 7) is 7.87. The highest BCUT2D eigenvalue weighted by Crippen LogP contribution is 2.42. The Hall–Kier alpha value is 0.137. The van der Waals surface area contributed by atoms with Gasteiger partial charge in [0.25, 0.3) is 0 Å². The van der Waals surface area contributed by atoms with E-state index in [-0.39, 0.29) is 0 Å². The summed E-state index contributed by atoms with van der Waals surface area (Å²) < 4.78 is 11.6. The van der Waals surface area contributed by atoms with Gasteiger partial charge in [-0.3, -0.25) is 0 Å². The zero-order valence-corrected chi connectivity index (χ0v) is 11.3. The largest absolute Gasteiger partial charge is 0.417 e. The number of hydrogen-bond donors (Lipinski definition) is 0. The van der Waals surface area contributed by atoms with E-state index in [1.165, 1.54) is 25.3 Å². The molecule has 1 heterocycles. The average Bonchev–Trinajstić information content (AvgIpc) is 2.92. The van der Waals surface area contributed by atoms with Crippen LogP contribution in [-0.2, 0) is 9.16 Å². The van der Waals surface area contributed by atoms with E-state index < -0.39 is 8.32 Å². The van der Waals surface area contributed by atoms with Gasteiger partial charge in [-0.1, -0.05) is 6.92 Å². The van der Waals surface area contributed by atoms with Crippen molar-refractivity contribution in [3.05, 3.63) is 0 Å². The molecule has 0 amide bonds. The lowest BCUT2D eigenvalue weighted by Crippen LogP contribution is -2.34. The van der Waals surface area contributed by atoms with Gasteiger partial charge in [0.05, 0.1) is 12.2 Å². The first-order valence-electron chi connectivity index (χ1n) is 6.40. The molecule has 0 aromatic carbocycles. The zero-order chi connectivity index (χ0) is 10.9. The Morgan fingerprint density at radius 2 is 2.07 bits per heavy atom. The lowest BCUT2D eigenvalue weighted by Gasteiger charge is -2.29. The summed E-state index contributed by atoms with van der Waals surface area (Å²) in [4.78, 5) is 0. The van der Waals surface area contributed by atoms with E-state index in [9.17, 15) is 0 Å². The lowest BCUT2D eigenvalue weighted by atomic mass is 9.91. The topological polar surface area (TPSA) is 21.8 Å². The molecule has 1 aliphatic carbocycles. The van der Waals surface area contributed by atoms with Crippen LogP contribution >= 0.6 is 0 Å². The van der Waals surface area contributed by atoms with Gasteiger partial charge < -0.3 is 9.16 Å². The highest BCUT2D eigenvalue weighted by Gasteiger charge is 2.45. The van der Waals surface area contributed by atoms with Crippen molar-refractivity contribution >= 4 is 8.32 Å². The van der Waals surface area contributed by atoms with Crippen LogP contribution in [0.1, 0.15) is 32.6 Å². The Morgan fingerprint density at radius 3 is 2.73 bits per heavy atom. The molecule has 0 radical (unpaired) electrons. The fraction of sp³-hybridized carbons (Fsp3) is 1.00. The molecule has 2 rings (SSSR count). The first-order chi connectivity index (χ1) is 7.11. The number of ether oxygens (including phenoxy) is 1. The van der Waals surface area contributed by atoms with Gasteiger partial charge >= 0.3 is 0 Å². The fourth-order valence-corrected chi connectivity index (χ4v) is 5.44. The quantitative estimate of drug-likeness (QED) is 0.532. The van der Waals surface area contributed by atoms with Crippen molar-refractivity contribution in [2.75, 3.05) is 6.61 Å². The Balaban J connectivity index is 1.74. The van der Waals surface area contributed by atoms with E-state index in [1.54, 1.807) is 0 Å². The average molecular weight is 228 g/mol. The van der Waals surface area contributed by atoms with Crippen LogP contribution in [-0.4, -0.2) is 27.1 Å². The summed E-state index contributed by atoms with van der Waals surface area (Å²) in [7, 11) is -1.38. The molecule has 1 saturated heterocycles. The van der Waals surface area contributed by atoms with Crippen LogP contribution in [0.2, 0.25) is 19.1 Å². The molecule has 0 N–H and O–H groups in total. The summed E-state index contributed by atoms with van der Waals surface area (Å²) >= 11 is 0. The van der Waals surface area contributed by atoms with Crippen LogP contribution in [0.15, 0.2) is 0 Å². The van der Waals surface area contributed by atoms with Gasteiger partial charge in [0.2, 0.25) is 0 Å². The first-order valence-corrected chi connectivity index (χ1v) is 9.51.